The number of carboxylic acids is 1. The number of esters is 1. The van der Waals surface area contributed by atoms with Crippen molar-refractivity contribution in [1.29, 1.82) is 0 Å². The standard InChI is InChI=1S/C47H44N2O10/c1-56-27-28-58-46(55)48-37-24-19-31(18-17-30-11-5-2-6-12-30)29-36(37)47(45(48)54)38(43(51)52)40-44(53)59-41(33-15-9-4-10-16-33)39(32-13-7-3-8-14-32)49(40)42(47)34-20-22-35(23-21-34)57-26-25-50/h3-4,7-11,13-16,19-24,29,38-42,50H,2,5-6,12,25-28H2,1H3,(H,51,52). The molecule has 12 nitrogen and oxygen atoms in total. The molecule has 1 aliphatic carbocycles. The van der Waals surface area contributed by atoms with E-state index in [1.165, 1.54) is 7.11 Å². The van der Waals surface area contributed by atoms with E-state index in [1.54, 1.807) is 42.5 Å². The van der Waals surface area contributed by atoms with Crippen LogP contribution < -0.4 is 9.64 Å². The first kappa shape index (κ1) is 39.6. The van der Waals surface area contributed by atoms with Crippen LogP contribution in [0.2, 0.25) is 0 Å². The summed E-state index contributed by atoms with van der Waals surface area (Å²) in [6.45, 7) is -0.288. The molecule has 59 heavy (non-hydrogen) atoms. The van der Waals surface area contributed by atoms with Gasteiger partial charge in [-0.1, -0.05) is 90.7 Å². The number of carbonyl (C=O) groups is 4. The highest BCUT2D eigenvalue weighted by Gasteiger charge is 2.76. The number of amides is 2. The average Bonchev–Trinajstić information content (AvgIpc) is 3.72. The second kappa shape index (κ2) is 16.9. The van der Waals surface area contributed by atoms with Crippen molar-refractivity contribution < 1.29 is 48.3 Å². The molecule has 6 unspecified atom stereocenters. The molecule has 4 aliphatic rings. The SMILES string of the molecule is COCCOC(=O)N1C(=O)C2(c3cc(C#CC4=CCCCC4)ccc31)C(C(=O)O)C1C(=O)OC(c3ccccc3)C(c3ccccc3)N1C2c1ccc(OCCO)cc1. The highest BCUT2D eigenvalue weighted by molar-refractivity contribution is 6.23. The lowest BCUT2D eigenvalue weighted by atomic mass is 9.65. The lowest BCUT2D eigenvalue weighted by molar-refractivity contribution is -0.179. The number of ether oxygens (including phenoxy) is 4. The Morgan fingerprint density at radius 1 is 0.847 bits per heavy atom. The third-order valence-corrected chi connectivity index (χ3v) is 11.6. The zero-order valence-electron chi connectivity index (χ0n) is 32.5. The van der Waals surface area contributed by atoms with Gasteiger partial charge < -0.3 is 29.2 Å². The van der Waals surface area contributed by atoms with Crippen LogP contribution in [0.25, 0.3) is 0 Å². The van der Waals surface area contributed by atoms with Gasteiger partial charge in [0.15, 0.2) is 0 Å². The van der Waals surface area contributed by atoms with E-state index < -0.39 is 59.5 Å². The van der Waals surface area contributed by atoms with Gasteiger partial charge in [0.1, 0.15) is 42.4 Å². The maximum absolute atomic E-state index is 15.8. The summed E-state index contributed by atoms with van der Waals surface area (Å²) in [4.78, 5) is 61.5. The van der Waals surface area contributed by atoms with Crippen molar-refractivity contribution in [3.05, 3.63) is 143 Å². The first-order valence-electron chi connectivity index (χ1n) is 19.8. The summed E-state index contributed by atoms with van der Waals surface area (Å²) in [5.41, 5.74) is 1.60. The summed E-state index contributed by atoms with van der Waals surface area (Å²) in [7, 11) is 1.45. The Bertz CT molecular complexity index is 2320. The molecule has 0 radical (unpaired) electrons. The van der Waals surface area contributed by atoms with E-state index in [0.29, 0.717) is 22.4 Å². The minimum Gasteiger partial charge on any atom is -0.491 e. The molecule has 3 aliphatic heterocycles. The molecule has 302 valence electrons. The quantitative estimate of drug-likeness (QED) is 0.104. The van der Waals surface area contributed by atoms with E-state index in [2.05, 4.69) is 17.9 Å². The van der Waals surface area contributed by atoms with E-state index in [-0.39, 0.29) is 37.7 Å². The largest absolute Gasteiger partial charge is 0.491 e. The smallest absolute Gasteiger partial charge is 0.421 e. The van der Waals surface area contributed by atoms with Gasteiger partial charge in [-0.25, -0.2) is 9.69 Å². The van der Waals surface area contributed by atoms with Gasteiger partial charge in [0, 0.05) is 12.7 Å². The van der Waals surface area contributed by atoms with Crippen LogP contribution in [-0.2, 0) is 34.0 Å². The highest BCUT2D eigenvalue weighted by atomic mass is 16.6. The van der Waals surface area contributed by atoms with Crippen LogP contribution in [0.5, 0.6) is 5.75 Å². The van der Waals surface area contributed by atoms with Gasteiger partial charge in [0.2, 0.25) is 5.91 Å². The van der Waals surface area contributed by atoms with E-state index in [4.69, 9.17) is 18.9 Å². The number of hydrogen-bond donors (Lipinski definition) is 2. The topological polar surface area (TPSA) is 152 Å². The van der Waals surface area contributed by atoms with Crippen molar-refractivity contribution in [3.8, 4) is 17.6 Å². The number of cyclic esters (lactones) is 1. The molecular formula is C47H44N2O10. The fourth-order valence-corrected chi connectivity index (χ4v) is 9.24. The van der Waals surface area contributed by atoms with Crippen LogP contribution in [0.4, 0.5) is 10.5 Å². The predicted molar refractivity (Wildman–Crippen MR) is 215 cm³/mol. The number of methoxy groups -OCH3 is 1. The Balaban J connectivity index is 1.41. The molecule has 6 atom stereocenters. The maximum atomic E-state index is 15.8. The van der Waals surface area contributed by atoms with Gasteiger partial charge >= 0.3 is 18.0 Å². The number of aliphatic hydroxyl groups is 1. The number of hydrogen-bond acceptors (Lipinski definition) is 10. The normalized spacial score (nSPS) is 24.7. The Morgan fingerprint density at radius 3 is 2.24 bits per heavy atom. The monoisotopic (exact) mass is 796 g/mol. The van der Waals surface area contributed by atoms with Crippen LogP contribution in [0.15, 0.2) is 115 Å². The molecule has 4 aromatic rings. The number of aliphatic carboxylic acids is 1. The summed E-state index contributed by atoms with van der Waals surface area (Å²) < 4.78 is 22.7. The van der Waals surface area contributed by atoms with Crippen molar-refractivity contribution in [2.45, 2.75) is 55.3 Å². The first-order chi connectivity index (χ1) is 28.8. The third kappa shape index (κ3) is 7.05. The van der Waals surface area contributed by atoms with Crippen molar-refractivity contribution in [2.24, 2.45) is 5.92 Å². The molecule has 4 aromatic carbocycles. The fraction of sp³-hybridized carbons (Fsp3) is 0.319. The van der Waals surface area contributed by atoms with E-state index >= 15 is 4.79 Å². The van der Waals surface area contributed by atoms with E-state index in [1.807, 2.05) is 65.6 Å². The summed E-state index contributed by atoms with van der Waals surface area (Å²) in [5.74, 6) is 2.07. The van der Waals surface area contributed by atoms with Crippen molar-refractivity contribution in [3.63, 3.8) is 0 Å². The zero-order chi connectivity index (χ0) is 41.1. The summed E-state index contributed by atoms with van der Waals surface area (Å²) in [6.07, 6.45) is 4.06. The van der Waals surface area contributed by atoms with Crippen molar-refractivity contribution in [1.82, 2.24) is 4.90 Å². The molecule has 0 saturated carbocycles. The van der Waals surface area contributed by atoms with Gasteiger partial charge in [0.05, 0.1) is 31.0 Å². The highest BCUT2D eigenvalue weighted by Crippen LogP contribution is 2.66. The number of rotatable bonds is 10. The Labute approximate surface area is 341 Å². The van der Waals surface area contributed by atoms with E-state index in [9.17, 15) is 24.6 Å². The molecular weight excluding hydrogens is 753 g/mol. The predicted octanol–water partition coefficient (Wildman–Crippen LogP) is 6.44. The average molecular weight is 797 g/mol. The molecule has 3 heterocycles. The van der Waals surface area contributed by atoms with Crippen LogP contribution in [-0.4, -0.2) is 78.6 Å². The second-order valence-electron chi connectivity index (χ2n) is 14.9. The number of anilines is 1. The molecule has 2 fully saturated rings. The number of fused-ring (bicyclic) bond motifs is 3. The van der Waals surface area contributed by atoms with Crippen molar-refractivity contribution >= 4 is 29.6 Å². The lowest BCUT2D eigenvalue weighted by Gasteiger charge is -2.46. The fourth-order valence-electron chi connectivity index (χ4n) is 9.24. The Hall–Kier alpha value is -6.26. The van der Waals surface area contributed by atoms with Crippen molar-refractivity contribution in [2.75, 3.05) is 38.4 Å². The van der Waals surface area contributed by atoms with Gasteiger partial charge in [0.25, 0.3) is 0 Å². The van der Waals surface area contributed by atoms with Gasteiger partial charge in [-0.15, -0.1) is 0 Å². The number of carboxylic acid groups (broad SMARTS) is 1. The molecule has 12 heteroatoms. The molecule has 8 rings (SSSR count). The van der Waals surface area contributed by atoms with E-state index in [0.717, 1.165) is 41.7 Å². The first-order valence-corrected chi connectivity index (χ1v) is 19.8. The lowest BCUT2D eigenvalue weighted by Crippen LogP contribution is -2.53. The number of nitrogens with zero attached hydrogens (tertiary/aromatic N) is 2. The number of aliphatic hydroxyl groups excluding tert-OH is 1. The minimum atomic E-state index is -2.11. The van der Waals surface area contributed by atoms with Gasteiger partial charge in [-0.3, -0.25) is 19.3 Å². The van der Waals surface area contributed by atoms with Crippen LogP contribution in [0.1, 0.15) is 71.7 Å². The number of benzene rings is 4. The summed E-state index contributed by atoms with van der Waals surface area (Å²) in [6, 6.07) is 26.8. The molecule has 2 saturated heterocycles. The number of allylic oxidation sites excluding steroid dienone is 2. The number of imide groups is 1. The molecule has 1 spiro atoms. The Morgan fingerprint density at radius 2 is 1.58 bits per heavy atom. The molecule has 0 aromatic heterocycles. The maximum Gasteiger partial charge on any atom is 0.421 e. The summed E-state index contributed by atoms with van der Waals surface area (Å²) in [5, 5.41) is 21.0. The Kier molecular flexibility index (Phi) is 11.3. The summed E-state index contributed by atoms with van der Waals surface area (Å²) >= 11 is 0. The minimum absolute atomic E-state index is 0.0371. The number of morpholine rings is 1. The molecule has 2 N–H and O–H groups in total. The van der Waals surface area contributed by atoms with Crippen LogP contribution >= 0.6 is 0 Å². The second-order valence-corrected chi connectivity index (χ2v) is 14.9. The third-order valence-electron chi connectivity index (χ3n) is 11.6. The number of carbonyl (C=O) groups excluding carboxylic acids is 3. The zero-order valence-corrected chi connectivity index (χ0v) is 32.5. The molecule has 0 bridgehead atoms. The molecule has 2 amide bonds. The van der Waals surface area contributed by atoms with Gasteiger partial charge in [-0.05, 0) is 83.8 Å². The van der Waals surface area contributed by atoms with Crippen LogP contribution in [0, 0.1) is 17.8 Å². The van der Waals surface area contributed by atoms with Crippen LogP contribution in [0.3, 0.4) is 0 Å². The van der Waals surface area contributed by atoms with Gasteiger partial charge in [-0.2, -0.15) is 0 Å².